The van der Waals surface area contributed by atoms with Gasteiger partial charge >= 0.3 is 0 Å². The van der Waals surface area contributed by atoms with Crippen molar-refractivity contribution in [3.8, 4) is 11.5 Å². The molecule has 0 saturated heterocycles. The maximum atomic E-state index is 11.4. The summed E-state index contributed by atoms with van der Waals surface area (Å²) in [4.78, 5) is 11.4. The van der Waals surface area contributed by atoms with Crippen molar-refractivity contribution >= 4 is 11.6 Å². The molecule has 1 amide bonds. The van der Waals surface area contributed by atoms with Crippen LogP contribution in [0.15, 0.2) is 18.2 Å². The summed E-state index contributed by atoms with van der Waals surface area (Å²) >= 11 is 0. The Kier molecular flexibility index (Phi) is 2.24. The number of carbonyl (C=O) groups is 1. The van der Waals surface area contributed by atoms with Crippen LogP contribution < -0.4 is 14.5 Å². The number of fused-ring (bicyclic) bond motifs is 1. The Morgan fingerprint density at radius 3 is 2.93 bits per heavy atom. The summed E-state index contributed by atoms with van der Waals surface area (Å²) in [5.41, 5.74) is 0.332. The van der Waals surface area contributed by atoms with Gasteiger partial charge in [0.1, 0.15) is 17.2 Å². The first kappa shape index (κ1) is 9.79. The first-order chi connectivity index (χ1) is 7.13. The molecule has 0 fully saturated rings. The van der Waals surface area contributed by atoms with Crippen molar-refractivity contribution in [3.63, 3.8) is 0 Å². The number of ether oxygens (including phenoxy) is 2. The quantitative estimate of drug-likeness (QED) is 0.706. The molecule has 80 valence electrons. The van der Waals surface area contributed by atoms with E-state index in [9.17, 15) is 10.0 Å². The zero-order valence-corrected chi connectivity index (χ0v) is 8.43. The molecule has 2 rings (SSSR count). The van der Waals surface area contributed by atoms with Crippen LogP contribution in [0.25, 0.3) is 0 Å². The van der Waals surface area contributed by atoms with Gasteiger partial charge < -0.3 is 9.47 Å². The number of rotatable bonds is 1. The van der Waals surface area contributed by atoms with E-state index in [2.05, 4.69) is 0 Å². The second kappa shape index (κ2) is 3.43. The number of hydrogen-bond acceptors (Lipinski definition) is 4. The van der Waals surface area contributed by atoms with Crippen LogP contribution in [0.3, 0.4) is 0 Å². The standard InChI is InChI=1S/C10H11NO4/c1-6-10(12)11(13)8-4-3-7(14-2)5-9(8)15-6/h3-6,13H,1-2H3. The molecule has 1 N–H and O–H groups in total. The number of benzene rings is 1. The third-order valence-electron chi connectivity index (χ3n) is 2.26. The highest BCUT2D eigenvalue weighted by molar-refractivity contribution is 5.97. The zero-order chi connectivity index (χ0) is 11.0. The summed E-state index contributed by atoms with van der Waals surface area (Å²) in [6, 6.07) is 4.84. The fraction of sp³-hybridized carbons (Fsp3) is 0.300. The fourth-order valence-corrected chi connectivity index (χ4v) is 1.42. The lowest BCUT2D eigenvalue weighted by Crippen LogP contribution is -2.42. The molecule has 1 atom stereocenters. The van der Waals surface area contributed by atoms with Gasteiger partial charge in [0.15, 0.2) is 6.10 Å². The van der Waals surface area contributed by atoms with Crippen LogP contribution in [0.1, 0.15) is 6.92 Å². The molecule has 0 aliphatic carbocycles. The lowest BCUT2D eigenvalue weighted by atomic mass is 10.2. The highest BCUT2D eigenvalue weighted by Gasteiger charge is 2.30. The van der Waals surface area contributed by atoms with Gasteiger partial charge in [0.05, 0.1) is 7.11 Å². The molecule has 5 nitrogen and oxygen atoms in total. The summed E-state index contributed by atoms with van der Waals surface area (Å²) in [5, 5.41) is 10.1. The maximum Gasteiger partial charge on any atom is 0.291 e. The third-order valence-corrected chi connectivity index (χ3v) is 2.26. The molecule has 1 aliphatic heterocycles. The highest BCUT2D eigenvalue weighted by Crippen LogP contribution is 2.35. The van der Waals surface area contributed by atoms with Crippen LogP contribution in [0, 0.1) is 0 Å². The number of carbonyl (C=O) groups excluding carboxylic acids is 1. The molecule has 1 aromatic rings. The molecular formula is C10H11NO4. The van der Waals surface area contributed by atoms with Gasteiger partial charge in [0.25, 0.3) is 5.91 Å². The number of methoxy groups -OCH3 is 1. The molecule has 0 saturated carbocycles. The van der Waals surface area contributed by atoms with E-state index in [1.807, 2.05) is 0 Å². The van der Waals surface area contributed by atoms with Crippen molar-refractivity contribution in [2.24, 2.45) is 0 Å². The topological polar surface area (TPSA) is 59.0 Å². The molecule has 0 radical (unpaired) electrons. The van der Waals surface area contributed by atoms with E-state index in [1.54, 1.807) is 25.1 Å². The molecule has 0 bridgehead atoms. The van der Waals surface area contributed by atoms with Crippen molar-refractivity contribution in [2.75, 3.05) is 12.2 Å². The van der Waals surface area contributed by atoms with Gasteiger partial charge in [-0.15, -0.1) is 0 Å². The largest absolute Gasteiger partial charge is 0.497 e. The van der Waals surface area contributed by atoms with Gasteiger partial charge in [-0.05, 0) is 19.1 Å². The predicted octanol–water partition coefficient (Wildman–Crippen LogP) is 1.20. The van der Waals surface area contributed by atoms with Crippen LogP contribution in [0.2, 0.25) is 0 Å². The Balaban J connectivity index is 2.45. The van der Waals surface area contributed by atoms with E-state index < -0.39 is 12.0 Å². The van der Waals surface area contributed by atoms with Crippen LogP contribution in [0.4, 0.5) is 5.69 Å². The van der Waals surface area contributed by atoms with Gasteiger partial charge in [-0.25, -0.2) is 0 Å². The van der Waals surface area contributed by atoms with E-state index in [0.717, 1.165) is 0 Å². The minimum absolute atomic E-state index is 0.332. The van der Waals surface area contributed by atoms with Crippen molar-refractivity contribution in [1.29, 1.82) is 0 Å². The Hall–Kier alpha value is -1.75. The van der Waals surface area contributed by atoms with E-state index in [0.29, 0.717) is 22.2 Å². The first-order valence-electron chi connectivity index (χ1n) is 4.51. The van der Waals surface area contributed by atoms with Gasteiger partial charge in [-0.2, -0.15) is 5.06 Å². The Labute approximate surface area is 86.8 Å². The lowest BCUT2D eigenvalue weighted by molar-refractivity contribution is -0.131. The number of amides is 1. The SMILES string of the molecule is COc1ccc2c(c1)OC(C)C(=O)N2O. The van der Waals surface area contributed by atoms with E-state index in [4.69, 9.17) is 9.47 Å². The average molecular weight is 209 g/mol. The predicted molar refractivity (Wildman–Crippen MR) is 52.4 cm³/mol. The lowest BCUT2D eigenvalue weighted by Gasteiger charge is -2.28. The summed E-state index contributed by atoms with van der Waals surface area (Å²) < 4.78 is 10.3. The second-order valence-electron chi connectivity index (χ2n) is 3.24. The summed E-state index contributed by atoms with van der Waals surface area (Å²) in [7, 11) is 1.54. The summed E-state index contributed by atoms with van der Waals surface area (Å²) in [5.74, 6) is 0.570. The van der Waals surface area contributed by atoms with Gasteiger partial charge in [0.2, 0.25) is 0 Å². The van der Waals surface area contributed by atoms with Crippen LogP contribution in [-0.4, -0.2) is 24.3 Å². The monoisotopic (exact) mass is 209 g/mol. The van der Waals surface area contributed by atoms with Crippen LogP contribution in [-0.2, 0) is 4.79 Å². The van der Waals surface area contributed by atoms with Gasteiger partial charge in [-0.3, -0.25) is 10.0 Å². The Morgan fingerprint density at radius 1 is 1.53 bits per heavy atom. The van der Waals surface area contributed by atoms with Crippen LogP contribution in [0.5, 0.6) is 11.5 Å². The minimum atomic E-state index is -0.686. The second-order valence-corrected chi connectivity index (χ2v) is 3.24. The average Bonchev–Trinajstić information content (AvgIpc) is 2.25. The van der Waals surface area contributed by atoms with E-state index in [1.165, 1.54) is 7.11 Å². The Bertz CT molecular complexity index is 404. The van der Waals surface area contributed by atoms with Gasteiger partial charge in [-0.1, -0.05) is 0 Å². The van der Waals surface area contributed by atoms with Gasteiger partial charge in [0, 0.05) is 6.07 Å². The Morgan fingerprint density at radius 2 is 2.27 bits per heavy atom. The number of nitrogens with zero attached hydrogens (tertiary/aromatic N) is 1. The van der Waals surface area contributed by atoms with Crippen molar-refractivity contribution in [3.05, 3.63) is 18.2 Å². The third kappa shape index (κ3) is 1.50. The minimum Gasteiger partial charge on any atom is -0.497 e. The number of anilines is 1. The smallest absolute Gasteiger partial charge is 0.291 e. The zero-order valence-electron chi connectivity index (χ0n) is 8.43. The normalized spacial score (nSPS) is 19.5. The van der Waals surface area contributed by atoms with E-state index in [-0.39, 0.29) is 0 Å². The molecule has 15 heavy (non-hydrogen) atoms. The number of hydroxylamine groups is 1. The maximum absolute atomic E-state index is 11.4. The summed E-state index contributed by atoms with van der Waals surface area (Å²) in [6.07, 6.45) is -0.686. The molecule has 1 aliphatic rings. The van der Waals surface area contributed by atoms with Crippen molar-refractivity contribution in [2.45, 2.75) is 13.0 Å². The number of hydrogen-bond donors (Lipinski definition) is 1. The van der Waals surface area contributed by atoms with Crippen molar-refractivity contribution in [1.82, 2.24) is 0 Å². The van der Waals surface area contributed by atoms with Crippen LogP contribution >= 0.6 is 0 Å². The molecule has 0 aromatic heterocycles. The molecule has 1 unspecified atom stereocenters. The molecular weight excluding hydrogens is 198 g/mol. The molecule has 1 aromatic carbocycles. The molecule has 0 spiro atoms. The highest BCUT2D eigenvalue weighted by atomic mass is 16.6. The van der Waals surface area contributed by atoms with E-state index >= 15 is 0 Å². The molecule has 5 heteroatoms. The summed E-state index contributed by atoms with van der Waals surface area (Å²) in [6.45, 7) is 1.58. The first-order valence-corrected chi connectivity index (χ1v) is 4.51. The molecule has 1 heterocycles. The fourth-order valence-electron chi connectivity index (χ4n) is 1.42. The van der Waals surface area contributed by atoms with Crippen molar-refractivity contribution < 1.29 is 19.5 Å².